The maximum atomic E-state index is 5.39. The van der Waals surface area contributed by atoms with Crippen LogP contribution in [-0.4, -0.2) is 27.1 Å². The third-order valence-electron chi connectivity index (χ3n) is 2.88. The third kappa shape index (κ3) is 1.88. The van der Waals surface area contributed by atoms with Crippen molar-refractivity contribution in [1.29, 1.82) is 0 Å². The van der Waals surface area contributed by atoms with E-state index in [9.17, 15) is 0 Å². The van der Waals surface area contributed by atoms with Gasteiger partial charge >= 0.3 is 0 Å². The van der Waals surface area contributed by atoms with Gasteiger partial charge in [0.1, 0.15) is 5.82 Å². The third-order valence-corrected chi connectivity index (χ3v) is 3.47. The maximum Gasteiger partial charge on any atom is 0.142 e. The summed E-state index contributed by atoms with van der Waals surface area (Å²) in [7, 11) is 0. The number of hydrogen-bond acceptors (Lipinski definition) is 4. The molecule has 84 valence electrons. The van der Waals surface area contributed by atoms with E-state index < -0.39 is 0 Å². The van der Waals surface area contributed by atoms with Crippen LogP contribution in [-0.2, 0) is 11.3 Å². The Hall–Kier alpha value is -1.20. The SMILES string of the molecule is c1cn(CC2CCOC2)c(-c2cnsc2)n1. The fourth-order valence-corrected chi connectivity index (χ4v) is 2.55. The summed E-state index contributed by atoms with van der Waals surface area (Å²) in [6, 6.07) is 0. The molecule has 1 fully saturated rings. The molecule has 5 heteroatoms. The predicted octanol–water partition coefficient (Wildman–Crippen LogP) is 2.04. The van der Waals surface area contributed by atoms with Crippen LogP contribution in [0, 0.1) is 5.92 Å². The summed E-state index contributed by atoms with van der Waals surface area (Å²) in [5.74, 6) is 1.64. The summed E-state index contributed by atoms with van der Waals surface area (Å²) in [5, 5.41) is 2.03. The zero-order valence-corrected chi connectivity index (χ0v) is 9.69. The van der Waals surface area contributed by atoms with E-state index in [4.69, 9.17) is 4.74 Å². The molecule has 16 heavy (non-hydrogen) atoms. The lowest BCUT2D eigenvalue weighted by Crippen LogP contribution is -2.10. The first kappa shape index (κ1) is 9.99. The van der Waals surface area contributed by atoms with Gasteiger partial charge in [-0.2, -0.15) is 0 Å². The number of nitrogens with zero attached hydrogens (tertiary/aromatic N) is 3. The molecule has 1 aliphatic heterocycles. The van der Waals surface area contributed by atoms with E-state index in [1.807, 2.05) is 24.0 Å². The molecule has 0 N–H and O–H groups in total. The van der Waals surface area contributed by atoms with Crippen LogP contribution in [0.2, 0.25) is 0 Å². The number of ether oxygens (including phenoxy) is 1. The average Bonchev–Trinajstić information content (AvgIpc) is 2.98. The predicted molar refractivity (Wildman–Crippen MR) is 62.3 cm³/mol. The molecule has 4 nitrogen and oxygen atoms in total. The lowest BCUT2D eigenvalue weighted by atomic mass is 10.1. The first-order valence-electron chi connectivity index (χ1n) is 5.42. The van der Waals surface area contributed by atoms with Crippen molar-refractivity contribution in [2.75, 3.05) is 13.2 Å². The number of aromatic nitrogens is 3. The van der Waals surface area contributed by atoms with Crippen LogP contribution in [0.15, 0.2) is 24.0 Å². The highest BCUT2D eigenvalue weighted by atomic mass is 32.1. The van der Waals surface area contributed by atoms with Crippen molar-refractivity contribution in [2.24, 2.45) is 5.92 Å². The minimum absolute atomic E-state index is 0.625. The second-order valence-corrected chi connectivity index (χ2v) is 4.70. The molecule has 2 aromatic heterocycles. The van der Waals surface area contributed by atoms with Crippen LogP contribution in [0.3, 0.4) is 0 Å². The Kier molecular flexibility index (Phi) is 2.71. The Morgan fingerprint density at radius 1 is 1.56 bits per heavy atom. The summed E-state index contributed by atoms with van der Waals surface area (Å²) in [6.45, 7) is 2.76. The Balaban J connectivity index is 1.82. The van der Waals surface area contributed by atoms with Gasteiger partial charge in [-0.1, -0.05) is 0 Å². The van der Waals surface area contributed by atoms with Gasteiger partial charge in [-0.3, -0.25) is 0 Å². The summed E-state index contributed by atoms with van der Waals surface area (Å²) in [4.78, 5) is 4.39. The van der Waals surface area contributed by atoms with Gasteiger partial charge < -0.3 is 9.30 Å². The van der Waals surface area contributed by atoms with Crippen LogP contribution in [0.1, 0.15) is 6.42 Å². The summed E-state index contributed by atoms with van der Waals surface area (Å²) >= 11 is 1.46. The highest BCUT2D eigenvalue weighted by Crippen LogP contribution is 2.21. The molecule has 3 rings (SSSR count). The molecule has 1 saturated heterocycles. The Morgan fingerprint density at radius 3 is 3.31 bits per heavy atom. The van der Waals surface area contributed by atoms with Crippen LogP contribution < -0.4 is 0 Å². The first-order chi connectivity index (χ1) is 7.93. The fraction of sp³-hybridized carbons (Fsp3) is 0.455. The van der Waals surface area contributed by atoms with Gasteiger partial charge in [0.15, 0.2) is 0 Å². The number of rotatable bonds is 3. The molecule has 3 heterocycles. The van der Waals surface area contributed by atoms with Crippen LogP contribution in [0.4, 0.5) is 0 Å². The minimum Gasteiger partial charge on any atom is -0.381 e. The second kappa shape index (κ2) is 4.35. The molecule has 0 bridgehead atoms. The van der Waals surface area contributed by atoms with Gasteiger partial charge in [-0.05, 0) is 18.0 Å². The molecule has 0 spiro atoms. The van der Waals surface area contributed by atoms with Gasteiger partial charge in [-0.25, -0.2) is 9.36 Å². The van der Waals surface area contributed by atoms with Crippen LogP contribution in [0.25, 0.3) is 11.4 Å². The van der Waals surface area contributed by atoms with E-state index in [2.05, 4.69) is 13.9 Å². The molecule has 1 unspecified atom stereocenters. The Bertz CT molecular complexity index is 446. The van der Waals surface area contributed by atoms with E-state index in [0.717, 1.165) is 37.6 Å². The smallest absolute Gasteiger partial charge is 0.142 e. The monoisotopic (exact) mass is 235 g/mol. The molecule has 0 amide bonds. The average molecular weight is 235 g/mol. The maximum absolute atomic E-state index is 5.39. The van der Waals surface area contributed by atoms with E-state index >= 15 is 0 Å². The van der Waals surface area contributed by atoms with Crippen molar-refractivity contribution in [3.63, 3.8) is 0 Å². The molecule has 0 saturated carbocycles. The highest BCUT2D eigenvalue weighted by molar-refractivity contribution is 7.03. The topological polar surface area (TPSA) is 39.9 Å². The van der Waals surface area contributed by atoms with E-state index in [1.165, 1.54) is 11.5 Å². The zero-order chi connectivity index (χ0) is 10.8. The van der Waals surface area contributed by atoms with Crippen molar-refractivity contribution in [1.82, 2.24) is 13.9 Å². The molecule has 0 aromatic carbocycles. The van der Waals surface area contributed by atoms with Gasteiger partial charge in [0.05, 0.1) is 12.8 Å². The molecule has 0 radical (unpaired) electrons. The van der Waals surface area contributed by atoms with Gasteiger partial charge in [0, 0.05) is 42.4 Å². The van der Waals surface area contributed by atoms with Gasteiger partial charge in [0.25, 0.3) is 0 Å². The van der Waals surface area contributed by atoms with Crippen LogP contribution >= 0.6 is 11.5 Å². The number of imidazole rings is 1. The molecule has 2 aromatic rings. The molecule has 0 aliphatic carbocycles. The van der Waals surface area contributed by atoms with Crippen LogP contribution in [0.5, 0.6) is 0 Å². The number of hydrogen-bond donors (Lipinski definition) is 0. The molecule has 1 atom stereocenters. The summed E-state index contributed by atoms with van der Waals surface area (Å²) in [6.07, 6.45) is 6.91. The highest BCUT2D eigenvalue weighted by Gasteiger charge is 2.17. The molecular weight excluding hydrogens is 222 g/mol. The van der Waals surface area contributed by atoms with Crippen molar-refractivity contribution in [3.05, 3.63) is 24.0 Å². The molecule has 1 aliphatic rings. The van der Waals surface area contributed by atoms with Crippen molar-refractivity contribution < 1.29 is 4.74 Å². The lowest BCUT2D eigenvalue weighted by Gasteiger charge is -2.10. The second-order valence-electron chi connectivity index (χ2n) is 4.05. The van der Waals surface area contributed by atoms with Gasteiger partial charge in [-0.15, -0.1) is 0 Å². The van der Waals surface area contributed by atoms with E-state index in [0.29, 0.717) is 5.92 Å². The summed E-state index contributed by atoms with van der Waals surface area (Å²) in [5.41, 5.74) is 1.11. The Morgan fingerprint density at radius 2 is 2.56 bits per heavy atom. The normalized spacial score (nSPS) is 20.4. The van der Waals surface area contributed by atoms with Crippen molar-refractivity contribution >= 4 is 11.5 Å². The fourth-order valence-electron chi connectivity index (χ4n) is 2.04. The standard InChI is InChI=1S/C11H13N3OS/c1-4-15-7-9(1)6-14-3-2-12-11(14)10-5-13-16-8-10/h2-3,5,8-9H,1,4,6-7H2. The van der Waals surface area contributed by atoms with Gasteiger partial charge in [0.2, 0.25) is 0 Å². The minimum atomic E-state index is 0.625. The quantitative estimate of drug-likeness (QED) is 0.817. The first-order valence-corrected chi connectivity index (χ1v) is 6.26. The van der Waals surface area contributed by atoms with E-state index in [1.54, 1.807) is 0 Å². The van der Waals surface area contributed by atoms with Crippen molar-refractivity contribution in [2.45, 2.75) is 13.0 Å². The molecular formula is C11H13N3OS. The van der Waals surface area contributed by atoms with Crippen molar-refractivity contribution in [3.8, 4) is 11.4 Å². The Labute approximate surface area is 98.1 Å². The zero-order valence-electron chi connectivity index (χ0n) is 8.87. The lowest BCUT2D eigenvalue weighted by molar-refractivity contribution is 0.182. The summed E-state index contributed by atoms with van der Waals surface area (Å²) < 4.78 is 11.7. The van der Waals surface area contributed by atoms with E-state index in [-0.39, 0.29) is 0 Å². The largest absolute Gasteiger partial charge is 0.381 e.